The van der Waals surface area contributed by atoms with E-state index in [0.29, 0.717) is 6.61 Å². The maximum atomic E-state index is 5.91. The van der Waals surface area contributed by atoms with Gasteiger partial charge in [-0.3, -0.25) is 0 Å². The van der Waals surface area contributed by atoms with Crippen molar-refractivity contribution in [1.29, 1.82) is 0 Å². The summed E-state index contributed by atoms with van der Waals surface area (Å²) in [5.74, 6) is 0.891. The second-order valence-corrected chi connectivity index (χ2v) is 6.32. The number of rotatable bonds is 5. The average Bonchev–Trinajstić information content (AvgIpc) is 2.81. The van der Waals surface area contributed by atoms with Crippen molar-refractivity contribution in [3.05, 3.63) is 44.3 Å². The molecule has 0 aliphatic heterocycles. The van der Waals surface area contributed by atoms with E-state index in [0.717, 1.165) is 26.5 Å². The lowest BCUT2D eigenvalue weighted by Gasteiger charge is -2.16. The van der Waals surface area contributed by atoms with Gasteiger partial charge in [-0.25, -0.2) is 4.98 Å². The van der Waals surface area contributed by atoms with Gasteiger partial charge in [-0.2, -0.15) is 0 Å². The lowest BCUT2D eigenvalue weighted by atomic mass is 10.1. The molecule has 3 nitrogen and oxygen atoms in total. The first-order chi connectivity index (χ1) is 9.10. The van der Waals surface area contributed by atoms with Crippen molar-refractivity contribution in [2.45, 2.75) is 26.5 Å². The quantitative estimate of drug-likeness (QED) is 0.890. The molecule has 2 rings (SSSR count). The molecule has 0 fully saturated rings. The van der Waals surface area contributed by atoms with Crippen LogP contribution in [0.2, 0.25) is 0 Å². The van der Waals surface area contributed by atoms with E-state index in [-0.39, 0.29) is 6.04 Å². The Morgan fingerprint density at radius 2 is 2.26 bits per heavy atom. The topological polar surface area (TPSA) is 34.1 Å². The Bertz CT molecular complexity index is 556. The molecule has 2 aromatic rings. The third kappa shape index (κ3) is 3.78. The Hall–Kier alpha value is -0.910. The standard InChI is InChI=1S/C14H17BrN2OS/c1-9(16-3)13-5-4-11(15)6-14(13)18-7-12-8-19-10(2)17-12/h4-6,8-9,16H,7H2,1-3H3. The summed E-state index contributed by atoms with van der Waals surface area (Å²) >= 11 is 5.13. The molecule has 1 heterocycles. The van der Waals surface area contributed by atoms with E-state index in [1.165, 1.54) is 0 Å². The minimum Gasteiger partial charge on any atom is -0.487 e. The fourth-order valence-electron chi connectivity index (χ4n) is 1.77. The van der Waals surface area contributed by atoms with Crippen LogP contribution in [0.5, 0.6) is 5.75 Å². The van der Waals surface area contributed by atoms with E-state index < -0.39 is 0 Å². The Morgan fingerprint density at radius 1 is 1.47 bits per heavy atom. The van der Waals surface area contributed by atoms with E-state index in [2.05, 4.69) is 39.2 Å². The Labute approximate surface area is 126 Å². The van der Waals surface area contributed by atoms with Crippen LogP contribution >= 0.6 is 27.3 Å². The van der Waals surface area contributed by atoms with Gasteiger partial charge < -0.3 is 10.1 Å². The average molecular weight is 341 g/mol. The molecule has 1 N–H and O–H groups in total. The van der Waals surface area contributed by atoms with Gasteiger partial charge in [-0.1, -0.05) is 22.0 Å². The zero-order chi connectivity index (χ0) is 13.8. The predicted octanol–water partition coefficient (Wildman–Crippen LogP) is 4.07. The van der Waals surface area contributed by atoms with Gasteiger partial charge >= 0.3 is 0 Å². The fraction of sp³-hybridized carbons (Fsp3) is 0.357. The van der Waals surface area contributed by atoms with Gasteiger partial charge in [0.1, 0.15) is 12.4 Å². The molecule has 0 radical (unpaired) electrons. The first-order valence-corrected chi connectivity index (χ1v) is 7.78. The number of aryl methyl sites for hydroxylation is 1. The van der Waals surface area contributed by atoms with Crippen LogP contribution in [-0.2, 0) is 6.61 Å². The number of benzene rings is 1. The van der Waals surface area contributed by atoms with Crippen LogP contribution in [0.1, 0.15) is 29.2 Å². The monoisotopic (exact) mass is 340 g/mol. The number of thiazole rings is 1. The number of hydrogen-bond acceptors (Lipinski definition) is 4. The van der Waals surface area contributed by atoms with Crippen molar-refractivity contribution >= 4 is 27.3 Å². The summed E-state index contributed by atoms with van der Waals surface area (Å²) in [6.07, 6.45) is 0. The molecular formula is C14H17BrN2OS. The van der Waals surface area contributed by atoms with E-state index in [1.54, 1.807) is 11.3 Å². The van der Waals surface area contributed by atoms with Crippen molar-refractivity contribution in [2.24, 2.45) is 0 Å². The normalized spacial score (nSPS) is 12.4. The van der Waals surface area contributed by atoms with Gasteiger partial charge in [0.25, 0.3) is 0 Å². The molecule has 1 unspecified atom stereocenters. The maximum Gasteiger partial charge on any atom is 0.131 e. The third-order valence-corrected chi connectivity index (χ3v) is 4.23. The van der Waals surface area contributed by atoms with E-state index in [1.807, 2.05) is 31.5 Å². The van der Waals surface area contributed by atoms with Crippen molar-refractivity contribution in [3.63, 3.8) is 0 Å². The SMILES string of the molecule is CNC(C)c1ccc(Br)cc1OCc1csc(C)n1. The van der Waals surface area contributed by atoms with Crippen LogP contribution in [0.3, 0.4) is 0 Å². The van der Waals surface area contributed by atoms with Gasteiger partial charge in [0, 0.05) is 21.5 Å². The molecule has 1 aromatic heterocycles. The van der Waals surface area contributed by atoms with Crippen LogP contribution in [0.25, 0.3) is 0 Å². The number of hydrogen-bond donors (Lipinski definition) is 1. The highest BCUT2D eigenvalue weighted by molar-refractivity contribution is 9.10. The molecular weight excluding hydrogens is 324 g/mol. The van der Waals surface area contributed by atoms with E-state index in [4.69, 9.17) is 4.74 Å². The molecule has 0 amide bonds. The van der Waals surface area contributed by atoms with Gasteiger partial charge in [0.2, 0.25) is 0 Å². The zero-order valence-corrected chi connectivity index (χ0v) is 13.6. The van der Waals surface area contributed by atoms with Crippen molar-refractivity contribution in [2.75, 3.05) is 7.05 Å². The second kappa shape index (κ2) is 6.50. The van der Waals surface area contributed by atoms with Crippen LogP contribution in [0.15, 0.2) is 28.1 Å². The number of aromatic nitrogens is 1. The predicted molar refractivity (Wildman–Crippen MR) is 82.8 cm³/mol. The number of nitrogens with zero attached hydrogens (tertiary/aromatic N) is 1. The third-order valence-electron chi connectivity index (χ3n) is 2.92. The largest absolute Gasteiger partial charge is 0.487 e. The minimum absolute atomic E-state index is 0.250. The highest BCUT2D eigenvalue weighted by Gasteiger charge is 2.11. The molecule has 19 heavy (non-hydrogen) atoms. The summed E-state index contributed by atoms with van der Waals surface area (Å²) in [5.41, 5.74) is 2.13. The van der Waals surface area contributed by atoms with E-state index >= 15 is 0 Å². The highest BCUT2D eigenvalue weighted by Crippen LogP contribution is 2.29. The summed E-state index contributed by atoms with van der Waals surface area (Å²) in [7, 11) is 1.94. The van der Waals surface area contributed by atoms with Crippen molar-refractivity contribution in [3.8, 4) is 5.75 Å². The molecule has 0 aliphatic carbocycles. The Morgan fingerprint density at radius 3 is 2.89 bits per heavy atom. The molecule has 5 heteroatoms. The van der Waals surface area contributed by atoms with Gasteiger partial charge in [0.15, 0.2) is 0 Å². The fourth-order valence-corrected chi connectivity index (χ4v) is 2.71. The minimum atomic E-state index is 0.250. The lowest BCUT2D eigenvalue weighted by molar-refractivity contribution is 0.296. The maximum absolute atomic E-state index is 5.91. The second-order valence-electron chi connectivity index (χ2n) is 4.34. The molecule has 0 saturated carbocycles. The molecule has 0 saturated heterocycles. The van der Waals surface area contributed by atoms with Crippen LogP contribution in [0.4, 0.5) is 0 Å². The van der Waals surface area contributed by atoms with Gasteiger partial charge in [-0.05, 0) is 33.0 Å². The molecule has 102 valence electrons. The van der Waals surface area contributed by atoms with Crippen LogP contribution < -0.4 is 10.1 Å². The molecule has 1 atom stereocenters. The molecule has 0 aliphatic rings. The molecule has 0 bridgehead atoms. The summed E-state index contributed by atoms with van der Waals surface area (Å²) < 4.78 is 6.93. The first kappa shape index (κ1) is 14.5. The van der Waals surface area contributed by atoms with Crippen LogP contribution in [0, 0.1) is 6.92 Å². The van der Waals surface area contributed by atoms with Crippen molar-refractivity contribution < 1.29 is 4.74 Å². The molecule has 0 spiro atoms. The number of halogens is 1. The number of ether oxygens (including phenoxy) is 1. The summed E-state index contributed by atoms with van der Waals surface area (Å²) in [6, 6.07) is 6.36. The summed E-state index contributed by atoms with van der Waals surface area (Å²) in [6.45, 7) is 4.62. The summed E-state index contributed by atoms with van der Waals surface area (Å²) in [5, 5.41) is 6.34. The number of nitrogens with one attached hydrogen (secondary N) is 1. The van der Waals surface area contributed by atoms with Gasteiger partial charge in [-0.15, -0.1) is 11.3 Å². The lowest BCUT2D eigenvalue weighted by Crippen LogP contribution is -2.13. The Kier molecular flexibility index (Phi) is 4.96. The zero-order valence-electron chi connectivity index (χ0n) is 11.2. The highest BCUT2D eigenvalue weighted by atomic mass is 79.9. The van der Waals surface area contributed by atoms with Gasteiger partial charge in [0.05, 0.1) is 10.7 Å². The summed E-state index contributed by atoms with van der Waals surface area (Å²) in [4.78, 5) is 4.41. The van der Waals surface area contributed by atoms with E-state index in [9.17, 15) is 0 Å². The Balaban J connectivity index is 2.16. The van der Waals surface area contributed by atoms with Crippen LogP contribution in [-0.4, -0.2) is 12.0 Å². The smallest absolute Gasteiger partial charge is 0.131 e. The van der Waals surface area contributed by atoms with Crippen molar-refractivity contribution in [1.82, 2.24) is 10.3 Å². The molecule has 1 aromatic carbocycles. The first-order valence-electron chi connectivity index (χ1n) is 6.10.